The van der Waals surface area contributed by atoms with Crippen LogP contribution in [0.25, 0.3) is 5.57 Å². The van der Waals surface area contributed by atoms with Gasteiger partial charge < -0.3 is 10.0 Å². The van der Waals surface area contributed by atoms with Crippen LogP contribution >= 0.6 is 0 Å². The Labute approximate surface area is 181 Å². The van der Waals surface area contributed by atoms with E-state index in [9.17, 15) is 19.5 Å². The molecule has 31 heavy (non-hydrogen) atoms. The van der Waals surface area contributed by atoms with Gasteiger partial charge in [-0.05, 0) is 29.7 Å². The number of carbonyl (C=O) groups excluding carboxylic acids is 3. The molecule has 0 unspecified atom stereocenters. The van der Waals surface area contributed by atoms with Gasteiger partial charge in [0.15, 0.2) is 0 Å². The number of aliphatic hydroxyl groups is 1. The number of nitrogens with zero attached hydrogens (tertiary/aromatic N) is 2. The SMILES string of the molecule is C=CCCN1C(=O)[C@H](N2C(=O)c3ccccc3C2=O)[C@@H]1[C@H](O)CC(=C)c1ccccc1. The lowest BCUT2D eigenvalue weighted by molar-refractivity contribution is -0.163. The van der Waals surface area contributed by atoms with Crippen LogP contribution in [0.15, 0.2) is 73.8 Å². The quantitative estimate of drug-likeness (QED) is 0.408. The lowest BCUT2D eigenvalue weighted by Gasteiger charge is -2.51. The summed E-state index contributed by atoms with van der Waals surface area (Å²) in [5.41, 5.74) is 2.18. The fourth-order valence-corrected chi connectivity index (χ4v) is 4.35. The Morgan fingerprint density at radius 3 is 2.16 bits per heavy atom. The first kappa shape index (κ1) is 20.8. The summed E-state index contributed by atoms with van der Waals surface area (Å²) >= 11 is 0. The molecule has 1 N–H and O–H groups in total. The molecule has 0 aliphatic carbocycles. The summed E-state index contributed by atoms with van der Waals surface area (Å²) < 4.78 is 0. The predicted octanol–water partition coefficient (Wildman–Crippen LogP) is 2.90. The Balaban J connectivity index is 1.60. The minimum Gasteiger partial charge on any atom is -0.391 e. The number of hydrogen-bond acceptors (Lipinski definition) is 4. The zero-order chi connectivity index (χ0) is 22.1. The molecule has 2 aromatic carbocycles. The highest BCUT2D eigenvalue weighted by Crippen LogP contribution is 2.36. The molecule has 158 valence electrons. The van der Waals surface area contributed by atoms with Crippen molar-refractivity contribution in [2.24, 2.45) is 0 Å². The molecule has 6 nitrogen and oxygen atoms in total. The Kier molecular flexibility index (Phi) is 5.57. The number of hydrogen-bond donors (Lipinski definition) is 1. The van der Waals surface area contributed by atoms with Crippen molar-refractivity contribution in [3.05, 3.63) is 90.5 Å². The summed E-state index contributed by atoms with van der Waals surface area (Å²) in [4.78, 5) is 41.4. The van der Waals surface area contributed by atoms with E-state index in [1.807, 2.05) is 30.3 Å². The smallest absolute Gasteiger partial charge is 0.262 e. The summed E-state index contributed by atoms with van der Waals surface area (Å²) in [6.07, 6.45) is 1.47. The lowest BCUT2D eigenvalue weighted by Crippen LogP contribution is -2.74. The fourth-order valence-electron chi connectivity index (χ4n) is 4.35. The third kappa shape index (κ3) is 3.49. The van der Waals surface area contributed by atoms with Gasteiger partial charge in [0.25, 0.3) is 11.8 Å². The molecule has 2 aliphatic heterocycles. The highest BCUT2D eigenvalue weighted by molar-refractivity contribution is 6.23. The molecular formula is C25H24N2O4. The predicted molar refractivity (Wildman–Crippen MR) is 117 cm³/mol. The van der Waals surface area contributed by atoms with Crippen LogP contribution in [0.4, 0.5) is 0 Å². The highest BCUT2D eigenvalue weighted by atomic mass is 16.3. The van der Waals surface area contributed by atoms with Gasteiger partial charge in [-0.25, -0.2) is 0 Å². The lowest BCUT2D eigenvalue weighted by atomic mass is 9.84. The molecule has 3 atom stereocenters. The van der Waals surface area contributed by atoms with Crippen LogP contribution in [0.2, 0.25) is 0 Å². The average molecular weight is 416 g/mol. The molecule has 1 saturated heterocycles. The molecule has 0 saturated carbocycles. The van der Waals surface area contributed by atoms with Crippen LogP contribution in [0.3, 0.4) is 0 Å². The Morgan fingerprint density at radius 2 is 1.58 bits per heavy atom. The van der Waals surface area contributed by atoms with Gasteiger partial charge in [0.05, 0.1) is 23.3 Å². The van der Waals surface area contributed by atoms with E-state index in [1.165, 1.54) is 4.90 Å². The number of benzene rings is 2. The summed E-state index contributed by atoms with van der Waals surface area (Å²) in [6, 6.07) is 14.3. The van der Waals surface area contributed by atoms with Gasteiger partial charge in [-0.3, -0.25) is 19.3 Å². The first-order valence-electron chi connectivity index (χ1n) is 10.2. The number of rotatable bonds is 8. The Hall–Kier alpha value is -3.51. The van der Waals surface area contributed by atoms with Crippen molar-refractivity contribution in [1.82, 2.24) is 9.80 Å². The van der Waals surface area contributed by atoms with Crippen molar-refractivity contribution in [3.63, 3.8) is 0 Å². The van der Waals surface area contributed by atoms with E-state index in [0.717, 1.165) is 16.0 Å². The summed E-state index contributed by atoms with van der Waals surface area (Å²) in [5, 5.41) is 11.1. The van der Waals surface area contributed by atoms with Gasteiger partial charge in [-0.2, -0.15) is 0 Å². The molecule has 0 spiro atoms. The number of aliphatic hydroxyl groups excluding tert-OH is 1. The summed E-state index contributed by atoms with van der Waals surface area (Å²) in [5.74, 6) is -1.34. The second kappa shape index (κ2) is 8.32. The largest absolute Gasteiger partial charge is 0.391 e. The van der Waals surface area contributed by atoms with Gasteiger partial charge >= 0.3 is 0 Å². The molecule has 2 aromatic rings. The van der Waals surface area contributed by atoms with Crippen LogP contribution in [-0.4, -0.2) is 57.4 Å². The zero-order valence-electron chi connectivity index (χ0n) is 17.1. The fraction of sp³-hybridized carbons (Fsp3) is 0.240. The maximum absolute atomic E-state index is 13.0. The first-order chi connectivity index (χ1) is 15.0. The summed E-state index contributed by atoms with van der Waals surface area (Å²) in [7, 11) is 0. The van der Waals surface area contributed by atoms with Gasteiger partial charge in [0.2, 0.25) is 5.91 Å². The van der Waals surface area contributed by atoms with Crippen molar-refractivity contribution in [3.8, 4) is 0 Å². The maximum atomic E-state index is 13.0. The Morgan fingerprint density at radius 1 is 1.00 bits per heavy atom. The topological polar surface area (TPSA) is 77.9 Å². The molecule has 3 amide bonds. The van der Waals surface area contributed by atoms with Crippen molar-refractivity contribution in [1.29, 1.82) is 0 Å². The molecule has 0 aromatic heterocycles. The van der Waals surface area contributed by atoms with Gasteiger partial charge in [0.1, 0.15) is 6.04 Å². The minimum atomic E-state index is -1.03. The van der Waals surface area contributed by atoms with Gasteiger partial charge in [0, 0.05) is 13.0 Å². The molecule has 2 heterocycles. The van der Waals surface area contributed by atoms with E-state index in [0.29, 0.717) is 13.0 Å². The second-order valence-electron chi connectivity index (χ2n) is 7.81. The number of fused-ring (bicyclic) bond motifs is 1. The highest BCUT2D eigenvalue weighted by Gasteiger charge is 2.58. The van der Waals surface area contributed by atoms with E-state index in [2.05, 4.69) is 13.2 Å². The minimum absolute atomic E-state index is 0.215. The zero-order valence-corrected chi connectivity index (χ0v) is 17.1. The van der Waals surface area contributed by atoms with Crippen molar-refractivity contribution in [2.45, 2.75) is 31.0 Å². The Bertz CT molecular complexity index is 1030. The molecular weight excluding hydrogens is 392 g/mol. The van der Waals surface area contributed by atoms with E-state index in [1.54, 1.807) is 30.3 Å². The number of β-lactam (4-membered cyclic amide) rings is 1. The van der Waals surface area contributed by atoms with Gasteiger partial charge in [-0.1, -0.05) is 55.1 Å². The maximum Gasteiger partial charge on any atom is 0.262 e. The first-order valence-corrected chi connectivity index (χ1v) is 10.2. The second-order valence-corrected chi connectivity index (χ2v) is 7.81. The van der Waals surface area contributed by atoms with Crippen molar-refractivity contribution >= 4 is 23.3 Å². The molecule has 6 heteroatoms. The number of imide groups is 1. The molecule has 0 bridgehead atoms. The molecule has 2 aliphatic rings. The van der Waals surface area contributed by atoms with E-state index >= 15 is 0 Å². The van der Waals surface area contributed by atoms with Gasteiger partial charge in [-0.15, -0.1) is 6.58 Å². The number of amides is 3. The van der Waals surface area contributed by atoms with E-state index in [4.69, 9.17) is 0 Å². The van der Waals surface area contributed by atoms with Crippen LogP contribution in [0.5, 0.6) is 0 Å². The van der Waals surface area contributed by atoms with Crippen LogP contribution in [-0.2, 0) is 4.79 Å². The monoisotopic (exact) mass is 416 g/mol. The number of likely N-dealkylation sites (tertiary alicyclic amines) is 1. The normalized spacial score (nSPS) is 21.0. The molecule has 1 fully saturated rings. The molecule has 4 rings (SSSR count). The van der Waals surface area contributed by atoms with Crippen molar-refractivity contribution in [2.75, 3.05) is 6.54 Å². The van der Waals surface area contributed by atoms with Crippen LogP contribution in [0.1, 0.15) is 39.1 Å². The van der Waals surface area contributed by atoms with Crippen LogP contribution < -0.4 is 0 Å². The summed E-state index contributed by atoms with van der Waals surface area (Å²) in [6.45, 7) is 8.12. The van der Waals surface area contributed by atoms with E-state index in [-0.39, 0.29) is 23.5 Å². The third-order valence-electron chi connectivity index (χ3n) is 5.93. The molecule has 0 radical (unpaired) electrons. The van der Waals surface area contributed by atoms with Crippen molar-refractivity contribution < 1.29 is 19.5 Å². The number of carbonyl (C=O) groups is 3. The van der Waals surface area contributed by atoms with Crippen LogP contribution in [0, 0.1) is 0 Å². The standard InChI is InChI=1S/C25H24N2O4/c1-3-4-14-26-21(20(28)15-16(2)17-10-6-5-7-11-17)22(25(26)31)27-23(29)18-12-8-9-13-19(18)24(27)30/h3,5-13,20-22,28H,1-2,4,14-15H2/t20-,21+,22-/m1/s1. The average Bonchev–Trinajstić information content (AvgIpc) is 3.03. The third-order valence-corrected chi connectivity index (χ3v) is 5.93. The van der Waals surface area contributed by atoms with E-state index < -0.39 is 30.0 Å².